The third-order valence-corrected chi connectivity index (χ3v) is 5.81. The molecule has 33 heavy (non-hydrogen) atoms. The molecule has 1 saturated heterocycles. The first-order chi connectivity index (χ1) is 16.1. The fourth-order valence-electron chi connectivity index (χ4n) is 4.35. The number of anilines is 1. The fourth-order valence-corrected chi connectivity index (χ4v) is 4.35. The summed E-state index contributed by atoms with van der Waals surface area (Å²) in [5.41, 5.74) is 2.65. The standard InChI is InChI=1S/C27H22N2O4/c1-2-33-19-12-8-11-18(15-19)29-24(21-16-28-22-14-7-6-13-20(21)22)23(26(31)27(29)32)25(30)17-9-4-3-5-10-17/h3-16,24,28,30H,2H2,1H3/b25-23+. The van der Waals surface area contributed by atoms with Gasteiger partial charge in [0.05, 0.1) is 18.2 Å². The number of carbonyl (C=O) groups is 2. The predicted octanol–water partition coefficient (Wildman–Crippen LogP) is 5.19. The lowest BCUT2D eigenvalue weighted by molar-refractivity contribution is -0.132. The molecule has 4 aromatic rings. The van der Waals surface area contributed by atoms with Gasteiger partial charge in [-0.1, -0.05) is 54.6 Å². The largest absolute Gasteiger partial charge is 0.507 e. The number of fused-ring (bicyclic) bond motifs is 1. The van der Waals surface area contributed by atoms with Crippen LogP contribution in [0.1, 0.15) is 24.1 Å². The Kier molecular flexibility index (Phi) is 5.18. The molecule has 1 aliphatic rings. The first kappa shape index (κ1) is 20.6. The molecule has 0 spiro atoms. The van der Waals surface area contributed by atoms with E-state index in [2.05, 4.69) is 4.98 Å². The van der Waals surface area contributed by atoms with Crippen molar-refractivity contribution in [1.82, 2.24) is 4.98 Å². The van der Waals surface area contributed by atoms with E-state index >= 15 is 0 Å². The van der Waals surface area contributed by atoms with Crippen LogP contribution in [0.25, 0.3) is 16.7 Å². The molecule has 5 rings (SSSR count). The highest BCUT2D eigenvalue weighted by Crippen LogP contribution is 2.44. The van der Waals surface area contributed by atoms with Gasteiger partial charge in [-0.05, 0) is 25.1 Å². The van der Waals surface area contributed by atoms with Crippen molar-refractivity contribution in [2.45, 2.75) is 13.0 Å². The summed E-state index contributed by atoms with van der Waals surface area (Å²) in [6.45, 7) is 2.35. The van der Waals surface area contributed by atoms with E-state index in [0.29, 0.717) is 23.6 Å². The van der Waals surface area contributed by atoms with Crippen molar-refractivity contribution >= 4 is 34.0 Å². The predicted molar refractivity (Wildman–Crippen MR) is 127 cm³/mol. The number of hydrogen-bond acceptors (Lipinski definition) is 4. The van der Waals surface area contributed by atoms with Gasteiger partial charge in [0.15, 0.2) is 0 Å². The number of amides is 1. The second-order valence-corrected chi connectivity index (χ2v) is 7.76. The van der Waals surface area contributed by atoms with Crippen LogP contribution in [0.2, 0.25) is 0 Å². The average Bonchev–Trinajstić information content (AvgIpc) is 3.38. The number of rotatable bonds is 5. The van der Waals surface area contributed by atoms with Gasteiger partial charge in [0.2, 0.25) is 0 Å². The zero-order chi connectivity index (χ0) is 22.9. The lowest BCUT2D eigenvalue weighted by Crippen LogP contribution is -2.29. The number of Topliss-reactive ketones (excluding diaryl/α,β-unsaturated/α-hetero) is 1. The summed E-state index contributed by atoms with van der Waals surface area (Å²) in [7, 11) is 0. The summed E-state index contributed by atoms with van der Waals surface area (Å²) >= 11 is 0. The zero-order valence-corrected chi connectivity index (χ0v) is 18.0. The molecule has 0 radical (unpaired) electrons. The van der Waals surface area contributed by atoms with Gasteiger partial charge >= 0.3 is 0 Å². The maximum Gasteiger partial charge on any atom is 0.300 e. The van der Waals surface area contributed by atoms with E-state index in [1.807, 2.05) is 37.3 Å². The van der Waals surface area contributed by atoms with Crippen molar-refractivity contribution in [3.05, 3.63) is 102 Å². The van der Waals surface area contributed by atoms with Crippen LogP contribution in [0.5, 0.6) is 5.75 Å². The van der Waals surface area contributed by atoms with Crippen LogP contribution in [-0.4, -0.2) is 28.4 Å². The zero-order valence-electron chi connectivity index (χ0n) is 18.0. The van der Waals surface area contributed by atoms with Crippen LogP contribution in [0.4, 0.5) is 5.69 Å². The summed E-state index contributed by atoms with van der Waals surface area (Å²) in [5.74, 6) is -1.03. The highest BCUT2D eigenvalue weighted by Gasteiger charge is 2.47. The number of carbonyl (C=O) groups excluding carboxylic acids is 2. The van der Waals surface area contributed by atoms with E-state index < -0.39 is 17.7 Å². The molecular formula is C27H22N2O4. The van der Waals surface area contributed by atoms with Gasteiger partial charge < -0.3 is 14.8 Å². The van der Waals surface area contributed by atoms with Crippen LogP contribution < -0.4 is 9.64 Å². The number of aromatic amines is 1. The van der Waals surface area contributed by atoms with Gasteiger partial charge in [-0.2, -0.15) is 0 Å². The number of ketones is 1. The number of H-pyrrole nitrogens is 1. The maximum atomic E-state index is 13.3. The smallest absolute Gasteiger partial charge is 0.300 e. The minimum absolute atomic E-state index is 0.0535. The van der Waals surface area contributed by atoms with Crippen LogP contribution in [-0.2, 0) is 9.59 Å². The van der Waals surface area contributed by atoms with Gasteiger partial charge in [-0.15, -0.1) is 0 Å². The third-order valence-electron chi connectivity index (χ3n) is 5.81. The number of aromatic nitrogens is 1. The quantitative estimate of drug-likeness (QED) is 0.255. The van der Waals surface area contributed by atoms with Gasteiger partial charge in [0.1, 0.15) is 11.5 Å². The second-order valence-electron chi connectivity index (χ2n) is 7.76. The number of benzene rings is 3. The average molecular weight is 438 g/mol. The summed E-state index contributed by atoms with van der Waals surface area (Å²) < 4.78 is 5.62. The number of nitrogens with zero attached hydrogens (tertiary/aromatic N) is 1. The Morgan fingerprint density at radius 3 is 2.55 bits per heavy atom. The first-order valence-corrected chi connectivity index (χ1v) is 10.8. The molecule has 0 saturated carbocycles. The molecule has 1 fully saturated rings. The van der Waals surface area contributed by atoms with Crippen molar-refractivity contribution in [3.63, 3.8) is 0 Å². The van der Waals surface area contributed by atoms with Crippen molar-refractivity contribution in [2.24, 2.45) is 0 Å². The van der Waals surface area contributed by atoms with Crippen molar-refractivity contribution in [3.8, 4) is 5.75 Å². The molecule has 1 atom stereocenters. The number of para-hydroxylation sites is 1. The summed E-state index contributed by atoms with van der Waals surface area (Å²) in [4.78, 5) is 31.3. The Labute approximate surface area is 190 Å². The highest BCUT2D eigenvalue weighted by molar-refractivity contribution is 6.51. The molecule has 1 unspecified atom stereocenters. The second kappa shape index (κ2) is 8.31. The Balaban J connectivity index is 1.76. The summed E-state index contributed by atoms with van der Waals surface area (Å²) in [6.07, 6.45) is 1.79. The molecule has 6 nitrogen and oxygen atoms in total. The van der Waals surface area contributed by atoms with Gasteiger partial charge in [-0.25, -0.2) is 0 Å². The van der Waals surface area contributed by atoms with Gasteiger partial charge in [0.25, 0.3) is 11.7 Å². The SMILES string of the molecule is CCOc1cccc(N2C(=O)C(=O)/C(=C(/O)c3ccccc3)C2c2c[nH]c3ccccc23)c1. The summed E-state index contributed by atoms with van der Waals surface area (Å²) in [5, 5.41) is 12.1. The van der Waals surface area contributed by atoms with Crippen molar-refractivity contribution < 1.29 is 19.4 Å². The van der Waals surface area contributed by atoms with E-state index in [9.17, 15) is 14.7 Å². The summed E-state index contributed by atoms with van der Waals surface area (Å²) in [6, 6.07) is 22.7. The van der Waals surface area contributed by atoms with Gasteiger partial charge in [0, 0.05) is 40.0 Å². The molecule has 1 aromatic heterocycles. The van der Waals surface area contributed by atoms with E-state index in [4.69, 9.17) is 4.74 Å². The molecule has 3 aromatic carbocycles. The number of nitrogens with one attached hydrogen (secondary N) is 1. The molecule has 0 bridgehead atoms. The molecule has 0 aliphatic carbocycles. The molecular weight excluding hydrogens is 416 g/mol. The molecule has 164 valence electrons. The van der Waals surface area contributed by atoms with Crippen LogP contribution in [0.3, 0.4) is 0 Å². The van der Waals surface area contributed by atoms with Crippen molar-refractivity contribution in [2.75, 3.05) is 11.5 Å². The number of aliphatic hydroxyl groups is 1. The van der Waals surface area contributed by atoms with Crippen molar-refractivity contribution in [1.29, 1.82) is 0 Å². The van der Waals surface area contributed by atoms with E-state index in [1.165, 1.54) is 4.90 Å². The van der Waals surface area contributed by atoms with Gasteiger partial charge in [-0.3, -0.25) is 14.5 Å². The first-order valence-electron chi connectivity index (χ1n) is 10.8. The minimum Gasteiger partial charge on any atom is -0.507 e. The maximum absolute atomic E-state index is 13.3. The van der Waals surface area contributed by atoms with E-state index in [-0.39, 0.29) is 11.3 Å². The molecule has 1 aliphatic heterocycles. The third kappa shape index (κ3) is 3.46. The Hall–Kier alpha value is -4.32. The topological polar surface area (TPSA) is 82.6 Å². The molecule has 6 heteroatoms. The Bertz CT molecular complexity index is 1390. The molecule has 2 heterocycles. The minimum atomic E-state index is -0.807. The van der Waals surface area contributed by atoms with E-state index in [1.54, 1.807) is 54.7 Å². The van der Waals surface area contributed by atoms with Crippen LogP contribution >= 0.6 is 0 Å². The fraction of sp³-hybridized carbons (Fsp3) is 0.111. The normalized spacial score (nSPS) is 17.6. The van der Waals surface area contributed by atoms with E-state index in [0.717, 1.165) is 16.5 Å². The number of hydrogen-bond donors (Lipinski definition) is 2. The van der Waals surface area contributed by atoms with Crippen LogP contribution in [0.15, 0.2) is 90.6 Å². The Morgan fingerprint density at radius 2 is 1.76 bits per heavy atom. The number of aliphatic hydroxyl groups excluding tert-OH is 1. The lowest BCUT2D eigenvalue weighted by atomic mass is 9.95. The van der Waals surface area contributed by atoms with Crippen LogP contribution in [0, 0.1) is 0 Å². The Morgan fingerprint density at radius 1 is 1.00 bits per heavy atom. The molecule has 1 amide bonds. The highest BCUT2D eigenvalue weighted by atomic mass is 16.5. The molecule has 2 N–H and O–H groups in total. The monoisotopic (exact) mass is 438 g/mol. The number of ether oxygens (including phenoxy) is 1. The lowest BCUT2D eigenvalue weighted by Gasteiger charge is -2.25.